The third kappa shape index (κ3) is 40.8. The summed E-state index contributed by atoms with van der Waals surface area (Å²) in [4.78, 5) is 51.1. The van der Waals surface area contributed by atoms with Gasteiger partial charge in [0.05, 0.1) is 6.61 Å². The number of esters is 3. The van der Waals surface area contributed by atoms with Crippen molar-refractivity contribution < 1.29 is 58.2 Å². The minimum Gasteiger partial charge on any atom is -0.479 e. The molecule has 3 N–H and O–H groups in total. The first-order valence-electron chi connectivity index (χ1n) is 29.6. The van der Waals surface area contributed by atoms with Gasteiger partial charge in [0.25, 0.3) is 0 Å². The summed E-state index contributed by atoms with van der Waals surface area (Å²) < 4.78 is 28.4. The highest BCUT2D eigenvalue weighted by Crippen LogP contribution is 2.26. The molecule has 0 radical (unpaired) electrons. The zero-order valence-corrected chi connectivity index (χ0v) is 47.0. The second-order valence-corrected chi connectivity index (χ2v) is 19.9. The molecule has 0 spiro atoms. The minimum atomic E-state index is -1.91. The number of aliphatic hydroxyl groups excluding tert-OH is 2. The number of carbonyl (C=O) groups is 4. The molecule has 12 nitrogen and oxygen atoms in total. The van der Waals surface area contributed by atoms with E-state index < -0.39 is 67.3 Å². The molecule has 0 aromatic heterocycles. The van der Waals surface area contributed by atoms with Crippen LogP contribution in [0.3, 0.4) is 0 Å². The molecule has 0 amide bonds. The molecule has 1 saturated heterocycles. The van der Waals surface area contributed by atoms with Crippen LogP contribution in [0, 0.1) is 0 Å². The van der Waals surface area contributed by atoms with Crippen LogP contribution in [0.15, 0.2) is 85.1 Å². The molecule has 0 saturated carbocycles. The fourth-order valence-electron chi connectivity index (χ4n) is 8.39. The van der Waals surface area contributed by atoms with E-state index in [1.54, 1.807) is 0 Å². The lowest BCUT2D eigenvalue weighted by molar-refractivity contribution is -0.301. The molecule has 0 aromatic carbocycles. The molecule has 0 aromatic rings. The first-order chi connectivity index (χ1) is 36.6. The summed E-state index contributed by atoms with van der Waals surface area (Å²) in [6.07, 6.45) is 52.6. The van der Waals surface area contributed by atoms with E-state index in [4.69, 9.17) is 23.7 Å². The number of carboxylic acid groups (broad SMARTS) is 1. The number of carboxylic acids is 1. The van der Waals surface area contributed by atoms with Crippen LogP contribution in [0.4, 0.5) is 0 Å². The maximum Gasteiger partial charge on any atom is 0.335 e. The predicted octanol–water partition coefficient (Wildman–Crippen LogP) is 15.1. The van der Waals surface area contributed by atoms with Gasteiger partial charge in [-0.2, -0.15) is 0 Å². The van der Waals surface area contributed by atoms with E-state index in [0.29, 0.717) is 19.3 Å². The number of carbonyl (C=O) groups excluding carboxylic acids is 3. The van der Waals surface area contributed by atoms with Gasteiger partial charge in [-0.15, -0.1) is 0 Å². The van der Waals surface area contributed by atoms with Crippen molar-refractivity contribution >= 4 is 23.9 Å². The van der Waals surface area contributed by atoms with Gasteiger partial charge >= 0.3 is 23.9 Å². The lowest BCUT2D eigenvalue weighted by Crippen LogP contribution is -2.61. The van der Waals surface area contributed by atoms with Crippen LogP contribution in [-0.2, 0) is 42.9 Å². The highest BCUT2D eigenvalue weighted by Gasteiger charge is 2.50. The predicted molar refractivity (Wildman–Crippen MR) is 303 cm³/mol. The van der Waals surface area contributed by atoms with Crippen molar-refractivity contribution in [2.45, 2.75) is 276 Å². The first-order valence-corrected chi connectivity index (χ1v) is 29.6. The Hall–Kier alpha value is -4.10. The number of unbranched alkanes of at least 4 members (excludes halogenated alkanes) is 21. The highest BCUT2D eigenvalue weighted by atomic mass is 16.7. The Morgan fingerprint density at radius 3 is 1.33 bits per heavy atom. The van der Waals surface area contributed by atoms with Gasteiger partial charge in [0, 0.05) is 19.3 Å². The Balaban J connectivity index is 2.71. The van der Waals surface area contributed by atoms with Gasteiger partial charge in [-0.25, -0.2) is 4.79 Å². The van der Waals surface area contributed by atoms with Crippen molar-refractivity contribution in [3.63, 3.8) is 0 Å². The molecule has 6 unspecified atom stereocenters. The van der Waals surface area contributed by atoms with Crippen LogP contribution in [-0.4, -0.2) is 89.2 Å². The van der Waals surface area contributed by atoms with Crippen molar-refractivity contribution in [1.29, 1.82) is 0 Å². The Morgan fingerprint density at radius 2 is 0.867 bits per heavy atom. The van der Waals surface area contributed by atoms with Crippen LogP contribution in [0.2, 0.25) is 0 Å². The number of aliphatic hydroxyl groups is 2. The molecular formula is C63H104O12. The summed E-state index contributed by atoms with van der Waals surface area (Å²) in [5.41, 5.74) is 0. The van der Waals surface area contributed by atoms with Crippen molar-refractivity contribution in [1.82, 2.24) is 0 Å². The van der Waals surface area contributed by atoms with Gasteiger partial charge in [0.2, 0.25) is 0 Å². The molecule has 12 heteroatoms. The molecule has 428 valence electrons. The summed E-state index contributed by atoms with van der Waals surface area (Å²) >= 11 is 0. The summed E-state index contributed by atoms with van der Waals surface area (Å²) in [5, 5.41) is 31.5. The number of allylic oxidation sites excluding steroid dienone is 14. The van der Waals surface area contributed by atoms with Gasteiger partial charge in [0.15, 0.2) is 24.6 Å². The number of aliphatic carboxylic acids is 1. The maximum atomic E-state index is 13.1. The quantitative estimate of drug-likeness (QED) is 0.0228. The second kappa shape index (κ2) is 50.7. The Kier molecular flexibility index (Phi) is 46.6. The molecule has 6 atom stereocenters. The summed E-state index contributed by atoms with van der Waals surface area (Å²) in [7, 11) is 0. The third-order valence-electron chi connectivity index (χ3n) is 12.9. The van der Waals surface area contributed by atoms with Crippen molar-refractivity contribution in [2.75, 3.05) is 13.2 Å². The topological polar surface area (TPSA) is 175 Å². The van der Waals surface area contributed by atoms with Crippen molar-refractivity contribution in [3.8, 4) is 0 Å². The monoisotopic (exact) mass is 1050 g/mol. The highest BCUT2D eigenvalue weighted by molar-refractivity contribution is 5.74. The fraction of sp³-hybridized carbons (Fsp3) is 0.714. The van der Waals surface area contributed by atoms with Gasteiger partial charge in [-0.05, 0) is 109 Å². The smallest absolute Gasteiger partial charge is 0.335 e. The minimum absolute atomic E-state index is 0.0431. The van der Waals surface area contributed by atoms with Crippen LogP contribution < -0.4 is 0 Å². The van der Waals surface area contributed by atoms with Crippen LogP contribution in [0.25, 0.3) is 0 Å². The van der Waals surface area contributed by atoms with E-state index in [-0.39, 0.29) is 25.9 Å². The standard InChI is InChI=1S/C63H104O12/c1-4-7-10-13-16-19-22-25-27-28-30-33-36-39-42-45-48-51-57(66)74-61-59(68)58(67)60(62(69)70)75-63(61)72-53-54(73-56(65)50-47-44-41-38-35-31-24-21-18-15-12-9-6-3)52-71-55(64)49-46-43-40-37-34-32-29-26-23-20-17-14-11-8-5-2/h7,10,12,15-17,19-21,24-27,29,54,58-61,63,67-68H,4-6,8-9,11,13-14,18,22-23,28,30-53H2,1-3H3,(H,69,70)/b10-7-,15-12-,19-16-,20-17-,24-21-,27-25-,29-26-. The van der Waals surface area contributed by atoms with Gasteiger partial charge in [-0.3, -0.25) is 14.4 Å². The normalized spacial score (nSPS) is 18.8. The molecule has 1 fully saturated rings. The van der Waals surface area contributed by atoms with E-state index in [2.05, 4.69) is 106 Å². The average Bonchev–Trinajstić information content (AvgIpc) is 3.39. The number of rotatable bonds is 49. The molecule has 1 aliphatic rings. The van der Waals surface area contributed by atoms with Crippen LogP contribution >= 0.6 is 0 Å². The number of hydrogen-bond donors (Lipinski definition) is 3. The summed E-state index contributed by atoms with van der Waals surface area (Å²) in [6.45, 7) is 5.76. The summed E-state index contributed by atoms with van der Waals surface area (Å²) in [5.74, 6) is -3.17. The molecular weight excluding hydrogens is 949 g/mol. The van der Waals surface area contributed by atoms with Crippen LogP contribution in [0.1, 0.15) is 239 Å². The molecule has 1 rings (SSSR count). The van der Waals surface area contributed by atoms with Gasteiger partial charge in [0.1, 0.15) is 18.8 Å². The molecule has 1 aliphatic heterocycles. The molecule has 75 heavy (non-hydrogen) atoms. The lowest BCUT2D eigenvalue weighted by atomic mass is 9.98. The van der Waals surface area contributed by atoms with E-state index in [9.17, 15) is 34.5 Å². The Labute approximate surface area is 454 Å². The largest absolute Gasteiger partial charge is 0.479 e. The zero-order valence-electron chi connectivity index (χ0n) is 47.0. The zero-order chi connectivity index (χ0) is 54.7. The Bertz CT molecular complexity index is 1630. The SMILES string of the molecule is CC/C=C\C/C=C\C/C=C\CCCCCCCCCC(=O)OC1C(OCC(COC(=O)CCCCCCC/C=C\C/C=C\CCCCC)OC(=O)CCCCCCC/C=C\C/C=C\CCC)OC(C(=O)O)C(O)C1O. The van der Waals surface area contributed by atoms with E-state index in [0.717, 1.165) is 161 Å². The third-order valence-corrected chi connectivity index (χ3v) is 12.9. The lowest BCUT2D eigenvalue weighted by Gasteiger charge is -2.40. The van der Waals surface area contributed by atoms with Crippen molar-refractivity contribution in [2.24, 2.45) is 0 Å². The second-order valence-electron chi connectivity index (χ2n) is 19.9. The maximum absolute atomic E-state index is 13.1. The average molecular weight is 1050 g/mol. The molecule has 0 bridgehead atoms. The van der Waals surface area contributed by atoms with Crippen molar-refractivity contribution in [3.05, 3.63) is 85.1 Å². The fourth-order valence-corrected chi connectivity index (χ4v) is 8.39. The first kappa shape index (κ1) is 68.9. The number of ether oxygens (including phenoxy) is 5. The van der Waals surface area contributed by atoms with Gasteiger partial charge in [-0.1, -0.05) is 196 Å². The van der Waals surface area contributed by atoms with Gasteiger partial charge < -0.3 is 39.0 Å². The molecule has 0 aliphatic carbocycles. The van der Waals surface area contributed by atoms with E-state index in [1.807, 2.05) is 0 Å². The van der Waals surface area contributed by atoms with Crippen LogP contribution in [0.5, 0.6) is 0 Å². The molecule has 1 heterocycles. The van der Waals surface area contributed by atoms with E-state index >= 15 is 0 Å². The van der Waals surface area contributed by atoms with E-state index in [1.165, 1.54) is 19.3 Å². The summed E-state index contributed by atoms with van der Waals surface area (Å²) in [6, 6.07) is 0. The number of hydrogen-bond acceptors (Lipinski definition) is 11. The Morgan fingerprint density at radius 1 is 0.453 bits per heavy atom.